The standard InChI is InChI=1S/C24H28N4O/c1-25-16-19-11-10-18(15-23(19)29-3)17-27(2)13-14-28-22-9-5-4-7-20(22)21-8-6-12-26-24(21)28/h4-12,15,25H,13-14,16-17H2,1-3H3. The Morgan fingerprint density at radius 1 is 1.07 bits per heavy atom. The van der Waals surface area contributed by atoms with Crippen molar-refractivity contribution in [3.8, 4) is 5.75 Å². The highest BCUT2D eigenvalue weighted by molar-refractivity contribution is 6.06. The van der Waals surface area contributed by atoms with E-state index in [1.54, 1.807) is 7.11 Å². The number of nitrogens with one attached hydrogen (secondary N) is 1. The van der Waals surface area contributed by atoms with Crippen LogP contribution >= 0.6 is 0 Å². The molecular weight excluding hydrogens is 360 g/mol. The Kier molecular flexibility index (Phi) is 5.79. The van der Waals surface area contributed by atoms with Crippen molar-refractivity contribution in [2.45, 2.75) is 19.6 Å². The van der Waals surface area contributed by atoms with Gasteiger partial charge in [0.15, 0.2) is 0 Å². The molecule has 4 aromatic rings. The molecule has 1 N–H and O–H groups in total. The number of hydrogen-bond donors (Lipinski definition) is 1. The van der Waals surface area contributed by atoms with Crippen molar-refractivity contribution in [2.75, 3.05) is 27.7 Å². The second kappa shape index (κ2) is 8.64. The number of nitrogens with zero attached hydrogens (tertiary/aromatic N) is 3. The van der Waals surface area contributed by atoms with E-state index in [2.05, 4.69) is 75.3 Å². The van der Waals surface area contributed by atoms with Crippen molar-refractivity contribution in [3.63, 3.8) is 0 Å². The highest BCUT2D eigenvalue weighted by atomic mass is 16.5. The number of hydrogen-bond acceptors (Lipinski definition) is 4. The van der Waals surface area contributed by atoms with Crippen molar-refractivity contribution in [2.24, 2.45) is 0 Å². The lowest BCUT2D eigenvalue weighted by Gasteiger charge is -2.19. The van der Waals surface area contributed by atoms with Gasteiger partial charge in [-0.05, 0) is 43.9 Å². The molecule has 0 amide bonds. The molecule has 0 aliphatic carbocycles. The van der Waals surface area contributed by atoms with E-state index in [1.165, 1.54) is 27.4 Å². The highest BCUT2D eigenvalue weighted by Gasteiger charge is 2.12. The van der Waals surface area contributed by atoms with E-state index in [-0.39, 0.29) is 0 Å². The fourth-order valence-corrected chi connectivity index (χ4v) is 3.98. The molecule has 0 bridgehead atoms. The summed E-state index contributed by atoms with van der Waals surface area (Å²) >= 11 is 0. The Hall–Kier alpha value is -2.89. The number of likely N-dealkylation sites (N-methyl/N-ethyl adjacent to an activating group) is 1. The van der Waals surface area contributed by atoms with Gasteiger partial charge in [-0.15, -0.1) is 0 Å². The molecule has 5 heteroatoms. The van der Waals surface area contributed by atoms with E-state index in [0.717, 1.165) is 37.6 Å². The quantitative estimate of drug-likeness (QED) is 0.494. The summed E-state index contributed by atoms with van der Waals surface area (Å²) < 4.78 is 7.90. The maximum absolute atomic E-state index is 5.56. The summed E-state index contributed by atoms with van der Waals surface area (Å²) in [6, 6.07) is 19.2. The SMILES string of the molecule is CNCc1ccc(CN(C)CCn2c3ccccc3c3cccnc32)cc1OC. The second-order valence-corrected chi connectivity index (χ2v) is 7.46. The summed E-state index contributed by atoms with van der Waals surface area (Å²) in [7, 11) is 5.84. The Morgan fingerprint density at radius 3 is 2.72 bits per heavy atom. The van der Waals surface area contributed by atoms with Gasteiger partial charge in [0.2, 0.25) is 0 Å². The van der Waals surface area contributed by atoms with Crippen LogP contribution in [0.2, 0.25) is 0 Å². The van der Waals surface area contributed by atoms with Gasteiger partial charge in [0, 0.05) is 48.7 Å². The minimum Gasteiger partial charge on any atom is -0.496 e. The average Bonchev–Trinajstić information content (AvgIpc) is 3.07. The van der Waals surface area contributed by atoms with Crippen LogP contribution in [0.15, 0.2) is 60.8 Å². The molecule has 0 saturated carbocycles. The average molecular weight is 389 g/mol. The molecule has 0 spiro atoms. The number of fused-ring (bicyclic) bond motifs is 3. The molecule has 0 radical (unpaired) electrons. The lowest BCUT2D eigenvalue weighted by Crippen LogP contribution is -2.23. The van der Waals surface area contributed by atoms with Gasteiger partial charge in [0.25, 0.3) is 0 Å². The molecule has 0 unspecified atom stereocenters. The fraction of sp³-hybridized carbons (Fsp3) is 0.292. The Balaban J connectivity index is 1.51. The number of ether oxygens (including phenoxy) is 1. The van der Waals surface area contributed by atoms with Gasteiger partial charge in [-0.1, -0.05) is 30.3 Å². The van der Waals surface area contributed by atoms with E-state index in [0.29, 0.717) is 0 Å². The number of benzene rings is 2. The molecule has 0 aliphatic rings. The maximum atomic E-state index is 5.56. The van der Waals surface area contributed by atoms with E-state index in [1.807, 2.05) is 19.3 Å². The topological polar surface area (TPSA) is 42.3 Å². The van der Waals surface area contributed by atoms with Crippen LogP contribution in [0.4, 0.5) is 0 Å². The van der Waals surface area contributed by atoms with Crippen molar-refractivity contribution < 1.29 is 4.74 Å². The zero-order chi connectivity index (χ0) is 20.2. The van der Waals surface area contributed by atoms with Crippen LogP contribution < -0.4 is 10.1 Å². The zero-order valence-corrected chi connectivity index (χ0v) is 17.4. The first-order valence-corrected chi connectivity index (χ1v) is 10.0. The summed E-state index contributed by atoms with van der Waals surface area (Å²) in [4.78, 5) is 7.00. The monoisotopic (exact) mass is 388 g/mol. The first kappa shape index (κ1) is 19.4. The summed E-state index contributed by atoms with van der Waals surface area (Å²) in [5.74, 6) is 0.942. The molecule has 150 valence electrons. The van der Waals surface area contributed by atoms with Gasteiger partial charge < -0.3 is 19.5 Å². The van der Waals surface area contributed by atoms with E-state index in [4.69, 9.17) is 4.74 Å². The van der Waals surface area contributed by atoms with E-state index >= 15 is 0 Å². The number of methoxy groups -OCH3 is 1. The minimum atomic E-state index is 0.806. The van der Waals surface area contributed by atoms with Crippen LogP contribution in [0.1, 0.15) is 11.1 Å². The van der Waals surface area contributed by atoms with Crippen LogP contribution in [0.3, 0.4) is 0 Å². The van der Waals surface area contributed by atoms with Gasteiger partial charge in [0.1, 0.15) is 11.4 Å². The molecular formula is C24H28N4O. The Morgan fingerprint density at radius 2 is 1.90 bits per heavy atom. The molecule has 5 nitrogen and oxygen atoms in total. The van der Waals surface area contributed by atoms with Crippen LogP contribution in [-0.4, -0.2) is 42.2 Å². The smallest absolute Gasteiger partial charge is 0.140 e. The number of aromatic nitrogens is 2. The predicted molar refractivity (Wildman–Crippen MR) is 119 cm³/mol. The third kappa shape index (κ3) is 3.97. The largest absolute Gasteiger partial charge is 0.496 e. The van der Waals surface area contributed by atoms with Crippen molar-refractivity contribution in [3.05, 3.63) is 71.9 Å². The van der Waals surface area contributed by atoms with Crippen LogP contribution in [0.5, 0.6) is 5.75 Å². The molecule has 0 fully saturated rings. The predicted octanol–water partition coefficient (Wildman–Crippen LogP) is 4.05. The molecule has 4 rings (SSSR count). The third-order valence-corrected chi connectivity index (χ3v) is 5.40. The van der Waals surface area contributed by atoms with Gasteiger partial charge in [-0.2, -0.15) is 0 Å². The Bertz CT molecular complexity index is 1070. The van der Waals surface area contributed by atoms with Crippen molar-refractivity contribution in [1.29, 1.82) is 0 Å². The normalized spacial score (nSPS) is 11.6. The van der Waals surface area contributed by atoms with Gasteiger partial charge in [-0.3, -0.25) is 0 Å². The van der Waals surface area contributed by atoms with Crippen molar-refractivity contribution in [1.82, 2.24) is 19.8 Å². The Labute approximate surface area is 171 Å². The second-order valence-electron chi connectivity index (χ2n) is 7.46. The molecule has 2 aromatic heterocycles. The van der Waals surface area contributed by atoms with Crippen LogP contribution in [0, 0.1) is 0 Å². The molecule has 0 saturated heterocycles. The van der Waals surface area contributed by atoms with Crippen molar-refractivity contribution >= 4 is 21.9 Å². The third-order valence-electron chi connectivity index (χ3n) is 5.40. The summed E-state index contributed by atoms with van der Waals surface area (Å²) in [5.41, 5.74) is 4.73. The van der Waals surface area contributed by atoms with Crippen LogP contribution in [0.25, 0.3) is 21.9 Å². The summed E-state index contributed by atoms with van der Waals surface area (Å²) in [6.07, 6.45) is 1.88. The van der Waals surface area contributed by atoms with Gasteiger partial charge in [0.05, 0.1) is 12.6 Å². The summed E-state index contributed by atoms with van der Waals surface area (Å²) in [6.45, 7) is 3.51. The highest BCUT2D eigenvalue weighted by Crippen LogP contribution is 2.27. The summed E-state index contributed by atoms with van der Waals surface area (Å²) in [5, 5.41) is 5.67. The van der Waals surface area contributed by atoms with E-state index in [9.17, 15) is 0 Å². The maximum Gasteiger partial charge on any atom is 0.140 e. The molecule has 29 heavy (non-hydrogen) atoms. The fourth-order valence-electron chi connectivity index (χ4n) is 3.98. The number of rotatable bonds is 8. The molecule has 2 heterocycles. The number of pyridine rings is 1. The molecule has 2 aromatic carbocycles. The molecule has 0 atom stereocenters. The molecule has 0 aliphatic heterocycles. The zero-order valence-electron chi connectivity index (χ0n) is 17.4. The van der Waals surface area contributed by atoms with Gasteiger partial charge >= 0.3 is 0 Å². The first-order valence-electron chi connectivity index (χ1n) is 10.0. The van der Waals surface area contributed by atoms with Gasteiger partial charge in [-0.25, -0.2) is 4.98 Å². The van der Waals surface area contributed by atoms with Crippen LogP contribution in [-0.2, 0) is 19.6 Å². The van der Waals surface area contributed by atoms with E-state index < -0.39 is 0 Å². The lowest BCUT2D eigenvalue weighted by molar-refractivity contribution is 0.313. The minimum absolute atomic E-state index is 0.806. The number of para-hydroxylation sites is 1. The first-order chi connectivity index (χ1) is 14.2. The lowest BCUT2D eigenvalue weighted by atomic mass is 10.1.